The maximum absolute atomic E-state index is 12.7. The Bertz CT molecular complexity index is 395. The van der Waals surface area contributed by atoms with Crippen molar-refractivity contribution >= 4 is 0 Å². The second kappa shape index (κ2) is 7.14. The van der Waals surface area contributed by atoms with Crippen LogP contribution in [0.15, 0.2) is 24.3 Å². The van der Waals surface area contributed by atoms with Crippen LogP contribution in [0.1, 0.15) is 51.7 Å². The Kier molecular flexibility index (Phi) is 6.09. The summed E-state index contributed by atoms with van der Waals surface area (Å²) in [7, 11) is 0. The number of halogens is 3. The zero-order valence-corrected chi connectivity index (χ0v) is 12.8. The number of hydrogen-bond acceptors (Lipinski definition) is 0. The topological polar surface area (TPSA) is 0 Å². The zero-order valence-electron chi connectivity index (χ0n) is 12.8. The Hall–Kier alpha value is -0.990. The minimum absolute atomic E-state index is 0.457. The standard InChI is InChI=1S/C17H25F3/c1-12(2)8-15(9-13(3)4)10-14-6-5-7-16(11-14)17(18,19)20/h5-7,11-13,15H,8-10H2,1-4H3. The summed E-state index contributed by atoms with van der Waals surface area (Å²) in [6.07, 6.45) is -1.38. The fourth-order valence-electron chi connectivity index (χ4n) is 2.80. The molecule has 0 saturated carbocycles. The van der Waals surface area contributed by atoms with Gasteiger partial charge in [0.15, 0.2) is 0 Å². The Labute approximate surface area is 120 Å². The van der Waals surface area contributed by atoms with Crippen LogP contribution in [0.2, 0.25) is 0 Å². The first kappa shape index (κ1) is 17.1. The van der Waals surface area contributed by atoms with Crippen molar-refractivity contribution in [3.63, 3.8) is 0 Å². The van der Waals surface area contributed by atoms with Crippen molar-refractivity contribution in [1.82, 2.24) is 0 Å². The van der Waals surface area contributed by atoms with Gasteiger partial charge in [0.05, 0.1) is 5.56 Å². The lowest BCUT2D eigenvalue weighted by molar-refractivity contribution is -0.137. The van der Waals surface area contributed by atoms with Gasteiger partial charge in [-0.3, -0.25) is 0 Å². The number of rotatable bonds is 6. The highest BCUT2D eigenvalue weighted by Crippen LogP contribution is 2.31. The molecule has 1 rings (SSSR count). The van der Waals surface area contributed by atoms with E-state index in [9.17, 15) is 13.2 Å². The molecule has 0 atom stereocenters. The third-order valence-electron chi connectivity index (χ3n) is 3.39. The molecule has 0 aromatic heterocycles. The largest absolute Gasteiger partial charge is 0.416 e. The van der Waals surface area contributed by atoms with E-state index in [1.807, 2.05) is 6.07 Å². The molecular weight excluding hydrogens is 261 g/mol. The lowest BCUT2D eigenvalue weighted by Gasteiger charge is -2.21. The van der Waals surface area contributed by atoms with Crippen molar-refractivity contribution < 1.29 is 13.2 Å². The Balaban J connectivity index is 2.82. The molecule has 0 radical (unpaired) electrons. The Morgan fingerprint density at radius 3 is 1.95 bits per heavy atom. The lowest BCUT2D eigenvalue weighted by atomic mass is 9.84. The van der Waals surface area contributed by atoms with E-state index >= 15 is 0 Å². The van der Waals surface area contributed by atoms with E-state index in [1.165, 1.54) is 12.1 Å². The molecule has 0 amide bonds. The van der Waals surface area contributed by atoms with Crippen LogP contribution in [0.25, 0.3) is 0 Å². The van der Waals surface area contributed by atoms with Gasteiger partial charge in [-0.25, -0.2) is 0 Å². The molecule has 0 aliphatic heterocycles. The van der Waals surface area contributed by atoms with E-state index in [1.54, 1.807) is 0 Å². The van der Waals surface area contributed by atoms with Gasteiger partial charge in [0.25, 0.3) is 0 Å². The van der Waals surface area contributed by atoms with Crippen LogP contribution in [-0.4, -0.2) is 0 Å². The van der Waals surface area contributed by atoms with Crippen molar-refractivity contribution in [3.05, 3.63) is 35.4 Å². The van der Waals surface area contributed by atoms with E-state index < -0.39 is 11.7 Å². The van der Waals surface area contributed by atoms with E-state index in [0.717, 1.165) is 30.9 Å². The summed E-state index contributed by atoms with van der Waals surface area (Å²) in [4.78, 5) is 0. The molecule has 114 valence electrons. The Morgan fingerprint density at radius 1 is 0.950 bits per heavy atom. The molecule has 0 bridgehead atoms. The minimum Gasteiger partial charge on any atom is -0.166 e. The van der Waals surface area contributed by atoms with Crippen molar-refractivity contribution in [2.24, 2.45) is 17.8 Å². The molecule has 0 spiro atoms. The minimum atomic E-state index is -4.25. The van der Waals surface area contributed by atoms with Gasteiger partial charge in [0, 0.05) is 0 Å². The molecule has 0 fully saturated rings. The normalized spacial score (nSPS) is 12.7. The van der Waals surface area contributed by atoms with Gasteiger partial charge in [-0.15, -0.1) is 0 Å². The van der Waals surface area contributed by atoms with Crippen LogP contribution in [0.4, 0.5) is 13.2 Å². The van der Waals surface area contributed by atoms with Gasteiger partial charge >= 0.3 is 6.18 Å². The molecule has 0 heterocycles. The molecule has 0 unspecified atom stereocenters. The second-order valence-electron chi connectivity index (χ2n) is 6.53. The van der Waals surface area contributed by atoms with Crippen LogP contribution in [-0.2, 0) is 12.6 Å². The summed E-state index contributed by atoms with van der Waals surface area (Å²) in [5.74, 6) is 1.60. The maximum Gasteiger partial charge on any atom is 0.416 e. The summed E-state index contributed by atoms with van der Waals surface area (Å²) in [5.41, 5.74) is 0.258. The molecule has 0 aliphatic carbocycles. The molecule has 20 heavy (non-hydrogen) atoms. The van der Waals surface area contributed by atoms with E-state index in [0.29, 0.717) is 17.8 Å². The van der Waals surface area contributed by atoms with Crippen LogP contribution in [0.5, 0.6) is 0 Å². The molecular formula is C17H25F3. The Morgan fingerprint density at radius 2 is 1.50 bits per heavy atom. The fraction of sp³-hybridized carbons (Fsp3) is 0.647. The summed E-state index contributed by atoms with van der Waals surface area (Å²) < 4.78 is 38.2. The smallest absolute Gasteiger partial charge is 0.166 e. The van der Waals surface area contributed by atoms with Crippen molar-refractivity contribution in [2.75, 3.05) is 0 Å². The second-order valence-corrected chi connectivity index (χ2v) is 6.53. The van der Waals surface area contributed by atoms with E-state index in [4.69, 9.17) is 0 Å². The average molecular weight is 286 g/mol. The number of benzene rings is 1. The van der Waals surface area contributed by atoms with Gasteiger partial charge in [0.1, 0.15) is 0 Å². The molecule has 1 aromatic carbocycles. The maximum atomic E-state index is 12.7. The zero-order chi connectivity index (χ0) is 15.3. The van der Waals surface area contributed by atoms with Gasteiger partial charge in [-0.2, -0.15) is 13.2 Å². The van der Waals surface area contributed by atoms with Crippen molar-refractivity contribution in [3.8, 4) is 0 Å². The van der Waals surface area contributed by atoms with E-state index in [-0.39, 0.29) is 0 Å². The predicted molar refractivity (Wildman–Crippen MR) is 77.5 cm³/mol. The summed E-state index contributed by atoms with van der Waals surface area (Å²) in [6.45, 7) is 8.66. The van der Waals surface area contributed by atoms with Gasteiger partial charge in [0.2, 0.25) is 0 Å². The SMILES string of the molecule is CC(C)CC(Cc1cccc(C(F)(F)F)c1)CC(C)C. The summed E-state index contributed by atoms with van der Waals surface area (Å²) >= 11 is 0. The number of hydrogen-bond donors (Lipinski definition) is 0. The molecule has 0 aliphatic rings. The number of alkyl halides is 3. The highest BCUT2D eigenvalue weighted by atomic mass is 19.4. The van der Waals surface area contributed by atoms with Gasteiger partial charge in [-0.05, 0) is 48.6 Å². The van der Waals surface area contributed by atoms with Crippen LogP contribution < -0.4 is 0 Å². The van der Waals surface area contributed by atoms with Gasteiger partial charge < -0.3 is 0 Å². The molecule has 1 aromatic rings. The van der Waals surface area contributed by atoms with Gasteiger partial charge in [-0.1, -0.05) is 45.9 Å². The molecule has 3 heteroatoms. The quantitative estimate of drug-likeness (QED) is 0.605. The molecule has 0 saturated heterocycles. The average Bonchev–Trinajstić information content (AvgIpc) is 2.26. The van der Waals surface area contributed by atoms with Crippen molar-refractivity contribution in [2.45, 2.75) is 53.1 Å². The summed E-state index contributed by atoms with van der Waals surface area (Å²) in [6, 6.07) is 5.76. The van der Waals surface area contributed by atoms with Crippen LogP contribution in [0, 0.1) is 17.8 Å². The highest BCUT2D eigenvalue weighted by Gasteiger charge is 2.30. The van der Waals surface area contributed by atoms with E-state index in [2.05, 4.69) is 27.7 Å². The van der Waals surface area contributed by atoms with Crippen LogP contribution >= 0.6 is 0 Å². The van der Waals surface area contributed by atoms with Crippen molar-refractivity contribution in [1.29, 1.82) is 0 Å². The highest BCUT2D eigenvalue weighted by molar-refractivity contribution is 5.26. The molecule has 0 nitrogen and oxygen atoms in total. The monoisotopic (exact) mass is 286 g/mol. The third-order valence-corrected chi connectivity index (χ3v) is 3.39. The first-order valence-electron chi connectivity index (χ1n) is 7.34. The predicted octanol–water partition coefficient (Wildman–Crippen LogP) is 5.96. The summed E-state index contributed by atoms with van der Waals surface area (Å²) in [5, 5.41) is 0. The lowest BCUT2D eigenvalue weighted by Crippen LogP contribution is -2.12. The first-order valence-corrected chi connectivity index (χ1v) is 7.34. The fourth-order valence-corrected chi connectivity index (χ4v) is 2.80. The van der Waals surface area contributed by atoms with Crippen LogP contribution in [0.3, 0.4) is 0 Å². The first-order chi connectivity index (χ1) is 9.18. The molecule has 0 N–H and O–H groups in total. The third kappa shape index (κ3) is 5.98.